The van der Waals surface area contributed by atoms with Crippen molar-refractivity contribution in [2.24, 2.45) is 7.05 Å². The van der Waals surface area contributed by atoms with E-state index < -0.39 is 0 Å². The lowest BCUT2D eigenvalue weighted by Gasteiger charge is -2.00. The van der Waals surface area contributed by atoms with Crippen molar-refractivity contribution < 1.29 is 4.79 Å². The summed E-state index contributed by atoms with van der Waals surface area (Å²) < 4.78 is 3.40. The Morgan fingerprint density at radius 1 is 0.963 bits per heavy atom. The molecule has 0 N–H and O–H groups in total. The van der Waals surface area contributed by atoms with Gasteiger partial charge in [0.25, 0.3) is 0 Å². The van der Waals surface area contributed by atoms with Gasteiger partial charge in [-0.15, -0.1) is 0 Å². The zero-order chi connectivity index (χ0) is 18.6. The fourth-order valence-electron chi connectivity index (χ4n) is 2.91. The molecule has 0 amide bonds. The molecule has 0 aliphatic rings. The molecule has 2 heterocycles. The fraction of sp³-hybridized carbons (Fsp3) is 0.0455. The maximum absolute atomic E-state index is 12.4. The minimum absolute atomic E-state index is 0.0959. The Balaban J connectivity index is 1.74. The number of nitrogens with zero attached hydrogens (tertiary/aromatic N) is 4. The molecule has 0 bridgehead atoms. The molecule has 2 aromatic heterocycles. The van der Waals surface area contributed by atoms with Crippen LogP contribution >= 0.6 is 0 Å². The van der Waals surface area contributed by atoms with E-state index in [1.807, 2.05) is 77.6 Å². The average Bonchev–Trinajstić information content (AvgIpc) is 3.34. The summed E-state index contributed by atoms with van der Waals surface area (Å²) in [7, 11) is 1.75. The molecule has 27 heavy (non-hydrogen) atoms. The molecule has 0 unspecified atom stereocenters. The van der Waals surface area contributed by atoms with E-state index in [9.17, 15) is 4.79 Å². The Bertz CT molecular complexity index is 1090. The predicted octanol–water partition coefficient (Wildman–Crippen LogP) is 4.17. The van der Waals surface area contributed by atoms with Crippen molar-refractivity contribution in [1.82, 2.24) is 19.6 Å². The Morgan fingerprint density at radius 3 is 2.33 bits per heavy atom. The molecule has 0 atom stereocenters. The smallest absolute Gasteiger partial charge is 0.203 e. The summed E-state index contributed by atoms with van der Waals surface area (Å²) in [6, 6.07) is 21.6. The van der Waals surface area contributed by atoms with E-state index in [0.717, 1.165) is 22.5 Å². The van der Waals surface area contributed by atoms with Gasteiger partial charge in [-0.3, -0.25) is 9.48 Å². The van der Waals surface area contributed by atoms with Gasteiger partial charge in [-0.1, -0.05) is 48.5 Å². The predicted molar refractivity (Wildman–Crippen MR) is 106 cm³/mol. The third-order valence-corrected chi connectivity index (χ3v) is 4.30. The second kappa shape index (κ2) is 7.25. The number of allylic oxidation sites excluding steroid dienone is 1. The minimum atomic E-state index is -0.0959. The molecule has 4 aromatic rings. The molecule has 0 saturated carbocycles. The number of aryl methyl sites for hydroxylation is 1. The molecule has 0 aliphatic heterocycles. The third kappa shape index (κ3) is 3.48. The van der Waals surface area contributed by atoms with Gasteiger partial charge in [0.15, 0.2) is 0 Å². The number of carbonyl (C=O) groups is 1. The molecule has 0 saturated heterocycles. The SMILES string of the molecule is Cn1nccc1C(=O)/C=C\c1cn(-c2ccccc2)nc1-c1ccccc1. The molecule has 0 spiro atoms. The third-order valence-electron chi connectivity index (χ3n) is 4.30. The zero-order valence-electron chi connectivity index (χ0n) is 14.9. The molecule has 2 aromatic carbocycles. The first-order chi connectivity index (χ1) is 13.2. The summed E-state index contributed by atoms with van der Waals surface area (Å²) in [5.41, 5.74) is 4.21. The number of hydrogen-bond acceptors (Lipinski definition) is 3. The first-order valence-corrected chi connectivity index (χ1v) is 8.63. The van der Waals surface area contributed by atoms with Crippen LogP contribution in [0.5, 0.6) is 0 Å². The van der Waals surface area contributed by atoms with E-state index in [-0.39, 0.29) is 5.78 Å². The van der Waals surface area contributed by atoms with Gasteiger partial charge in [0.1, 0.15) is 5.69 Å². The maximum Gasteiger partial charge on any atom is 0.203 e. The lowest BCUT2D eigenvalue weighted by Crippen LogP contribution is -2.03. The van der Waals surface area contributed by atoms with Gasteiger partial charge >= 0.3 is 0 Å². The molecule has 4 rings (SSSR count). The van der Waals surface area contributed by atoms with Gasteiger partial charge in [-0.05, 0) is 30.4 Å². The van der Waals surface area contributed by atoms with E-state index in [4.69, 9.17) is 5.10 Å². The summed E-state index contributed by atoms with van der Waals surface area (Å²) in [6.07, 6.45) is 6.93. The first kappa shape index (κ1) is 16.7. The van der Waals surface area contributed by atoms with Crippen LogP contribution in [0, 0.1) is 0 Å². The van der Waals surface area contributed by atoms with Crippen molar-refractivity contribution >= 4 is 11.9 Å². The molecule has 5 nitrogen and oxygen atoms in total. The lowest BCUT2D eigenvalue weighted by atomic mass is 10.1. The summed E-state index contributed by atoms with van der Waals surface area (Å²) >= 11 is 0. The highest BCUT2D eigenvalue weighted by molar-refractivity contribution is 6.05. The van der Waals surface area contributed by atoms with Crippen molar-refractivity contribution in [3.8, 4) is 16.9 Å². The van der Waals surface area contributed by atoms with Crippen LogP contribution in [0.3, 0.4) is 0 Å². The van der Waals surface area contributed by atoms with Gasteiger partial charge < -0.3 is 0 Å². The van der Waals surface area contributed by atoms with Crippen LogP contribution in [-0.4, -0.2) is 25.3 Å². The van der Waals surface area contributed by atoms with Crippen molar-refractivity contribution in [1.29, 1.82) is 0 Å². The van der Waals surface area contributed by atoms with Crippen LogP contribution in [0.2, 0.25) is 0 Å². The summed E-state index contributed by atoms with van der Waals surface area (Å²) in [6.45, 7) is 0. The highest BCUT2D eigenvalue weighted by atomic mass is 16.1. The quantitative estimate of drug-likeness (QED) is 0.399. The number of carbonyl (C=O) groups excluding carboxylic acids is 1. The molecule has 0 fully saturated rings. The van der Waals surface area contributed by atoms with Crippen molar-refractivity contribution in [3.05, 3.63) is 96.5 Å². The Hall–Kier alpha value is -3.73. The number of benzene rings is 2. The summed E-state index contributed by atoms with van der Waals surface area (Å²) in [5.74, 6) is -0.0959. The van der Waals surface area contributed by atoms with E-state index in [2.05, 4.69) is 5.10 Å². The Labute approximate surface area is 157 Å². The first-order valence-electron chi connectivity index (χ1n) is 8.63. The Kier molecular flexibility index (Phi) is 4.49. The number of ketones is 1. The topological polar surface area (TPSA) is 52.7 Å². The van der Waals surface area contributed by atoms with Gasteiger partial charge in [0.05, 0.1) is 11.4 Å². The number of rotatable bonds is 5. The lowest BCUT2D eigenvalue weighted by molar-refractivity contribution is 0.103. The fourth-order valence-corrected chi connectivity index (χ4v) is 2.91. The van der Waals surface area contributed by atoms with Crippen LogP contribution in [0.15, 0.2) is 85.2 Å². The second-order valence-electron chi connectivity index (χ2n) is 6.12. The van der Waals surface area contributed by atoms with Gasteiger partial charge in [-0.25, -0.2) is 4.68 Å². The van der Waals surface area contributed by atoms with E-state index >= 15 is 0 Å². The molecule has 132 valence electrons. The summed E-state index contributed by atoms with van der Waals surface area (Å²) in [4.78, 5) is 12.4. The molecule has 5 heteroatoms. The van der Waals surface area contributed by atoms with Crippen LogP contribution in [-0.2, 0) is 7.05 Å². The largest absolute Gasteiger partial charge is 0.288 e. The molecule has 0 aliphatic carbocycles. The normalized spacial score (nSPS) is 11.1. The second-order valence-corrected chi connectivity index (χ2v) is 6.12. The summed E-state index contributed by atoms with van der Waals surface area (Å²) in [5, 5.41) is 8.79. The monoisotopic (exact) mass is 354 g/mol. The van der Waals surface area contributed by atoms with Gasteiger partial charge in [-0.2, -0.15) is 10.2 Å². The molecule has 0 radical (unpaired) electrons. The van der Waals surface area contributed by atoms with E-state index in [0.29, 0.717) is 5.69 Å². The van der Waals surface area contributed by atoms with E-state index in [1.165, 1.54) is 0 Å². The minimum Gasteiger partial charge on any atom is -0.288 e. The molecular formula is C22H18N4O. The van der Waals surface area contributed by atoms with Crippen molar-refractivity contribution in [2.45, 2.75) is 0 Å². The van der Waals surface area contributed by atoms with Crippen LogP contribution in [0.1, 0.15) is 16.1 Å². The van der Waals surface area contributed by atoms with Crippen molar-refractivity contribution in [2.75, 3.05) is 0 Å². The Morgan fingerprint density at radius 2 is 1.67 bits per heavy atom. The zero-order valence-corrected chi connectivity index (χ0v) is 14.9. The molecular weight excluding hydrogens is 336 g/mol. The van der Waals surface area contributed by atoms with E-state index in [1.54, 1.807) is 30.1 Å². The van der Waals surface area contributed by atoms with Gasteiger partial charge in [0, 0.05) is 30.6 Å². The maximum atomic E-state index is 12.4. The average molecular weight is 354 g/mol. The number of aromatic nitrogens is 4. The van der Waals surface area contributed by atoms with Crippen LogP contribution < -0.4 is 0 Å². The van der Waals surface area contributed by atoms with Crippen LogP contribution in [0.4, 0.5) is 0 Å². The van der Waals surface area contributed by atoms with Gasteiger partial charge in [0.2, 0.25) is 5.78 Å². The number of hydrogen-bond donors (Lipinski definition) is 0. The highest BCUT2D eigenvalue weighted by Gasteiger charge is 2.12. The number of para-hydroxylation sites is 1. The van der Waals surface area contributed by atoms with Crippen LogP contribution in [0.25, 0.3) is 23.0 Å². The highest BCUT2D eigenvalue weighted by Crippen LogP contribution is 2.24. The standard InChI is InChI=1S/C22H18N4O/c1-25-20(14-15-23-25)21(27)13-12-18-16-26(19-10-6-3-7-11-19)24-22(18)17-8-4-2-5-9-17/h2-16H,1H3/b13-12-. The van der Waals surface area contributed by atoms with Crippen molar-refractivity contribution in [3.63, 3.8) is 0 Å².